The molecule has 1 heterocycles. The summed E-state index contributed by atoms with van der Waals surface area (Å²) in [7, 11) is 4.18. The van der Waals surface area contributed by atoms with Gasteiger partial charge < -0.3 is 30.6 Å². The second-order valence-corrected chi connectivity index (χ2v) is 7.37. The Morgan fingerprint density at radius 1 is 1.06 bits per heavy atom. The zero-order valence-electron chi connectivity index (χ0n) is 17.5. The lowest BCUT2D eigenvalue weighted by Gasteiger charge is -2.27. The number of hydrogen-bond acceptors (Lipinski definition) is 9. The highest BCUT2D eigenvalue weighted by Crippen LogP contribution is 2.51. The number of nitro benzene ring substituents is 1. The number of methoxy groups -OCH3 is 3. The van der Waals surface area contributed by atoms with E-state index in [1.165, 1.54) is 39.5 Å². The van der Waals surface area contributed by atoms with Crippen molar-refractivity contribution in [1.82, 2.24) is 10.6 Å². The predicted octanol–water partition coefficient (Wildman–Crippen LogP) is 1.49. The maximum absolute atomic E-state index is 12.4. The largest absolute Gasteiger partial charge is 0.493 e. The molecule has 170 valence electrons. The standard InChI is InChI=1S/C20H22N4O7S/c1-29-13-8-11(21)15(17(31-3)16(13)30-2)14-9(5-4-6-12(14)24(27)28)7-10-18(25)22-20(32)23-19(10)26/h4-6,8,10,20,32H,7,21H2,1-3H3,(H,22,25)(H,23,26). The Kier molecular flexibility index (Phi) is 6.63. The quantitative estimate of drug-likeness (QED) is 0.159. The number of amides is 2. The van der Waals surface area contributed by atoms with E-state index in [1.54, 1.807) is 6.07 Å². The topological polar surface area (TPSA) is 155 Å². The molecule has 2 aromatic rings. The third-order valence-electron chi connectivity index (χ3n) is 5.05. The first-order valence-corrected chi connectivity index (χ1v) is 9.89. The van der Waals surface area contributed by atoms with Crippen LogP contribution in [0.1, 0.15) is 5.56 Å². The van der Waals surface area contributed by atoms with Crippen LogP contribution in [-0.2, 0) is 16.0 Å². The molecule has 1 saturated heterocycles. The lowest BCUT2D eigenvalue weighted by molar-refractivity contribution is -0.384. The molecule has 2 amide bonds. The molecule has 2 aromatic carbocycles. The zero-order chi connectivity index (χ0) is 23.6. The van der Waals surface area contributed by atoms with E-state index in [2.05, 4.69) is 23.3 Å². The molecule has 1 fully saturated rings. The van der Waals surface area contributed by atoms with Crippen LogP contribution in [0.2, 0.25) is 0 Å². The Balaban J connectivity index is 2.27. The Labute approximate surface area is 188 Å². The van der Waals surface area contributed by atoms with Crippen LogP contribution in [0.5, 0.6) is 17.2 Å². The molecular formula is C20H22N4O7S. The molecule has 0 radical (unpaired) electrons. The van der Waals surface area contributed by atoms with Gasteiger partial charge in [0.25, 0.3) is 5.69 Å². The van der Waals surface area contributed by atoms with Crippen molar-refractivity contribution in [1.29, 1.82) is 0 Å². The molecule has 12 heteroatoms. The molecule has 4 N–H and O–H groups in total. The number of thiol groups is 1. The lowest BCUT2D eigenvalue weighted by atomic mass is 9.88. The molecule has 0 aromatic heterocycles. The fourth-order valence-electron chi connectivity index (χ4n) is 3.66. The molecule has 0 atom stereocenters. The molecule has 0 unspecified atom stereocenters. The first-order chi connectivity index (χ1) is 15.2. The van der Waals surface area contributed by atoms with Crippen LogP contribution in [-0.4, -0.2) is 43.6 Å². The normalized spacial score (nSPS) is 17.9. The van der Waals surface area contributed by atoms with Gasteiger partial charge in [0.2, 0.25) is 17.6 Å². The maximum atomic E-state index is 12.4. The lowest BCUT2D eigenvalue weighted by Crippen LogP contribution is -2.57. The molecular weight excluding hydrogens is 440 g/mol. The minimum absolute atomic E-state index is 0.112. The number of nitro groups is 1. The van der Waals surface area contributed by atoms with Crippen molar-refractivity contribution >= 4 is 35.8 Å². The van der Waals surface area contributed by atoms with Gasteiger partial charge >= 0.3 is 0 Å². The van der Waals surface area contributed by atoms with E-state index in [0.29, 0.717) is 5.56 Å². The number of nitrogen functional groups attached to an aromatic ring is 1. The van der Waals surface area contributed by atoms with E-state index in [1.807, 2.05) is 0 Å². The van der Waals surface area contributed by atoms with Crippen LogP contribution >= 0.6 is 12.6 Å². The number of benzene rings is 2. The van der Waals surface area contributed by atoms with E-state index < -0.39 is 28.2 Å². The van der Waals surface area contributed by atoms with Crippen molar-refractivity contribution in [2.45, 2.75) is 11.9 Å². The van der Waals surface area contributed by atoms with Crippen LogP contribution in [0.4, 0.5) is 11.4 Å². The molecule has 3 rings (SSSR count). The maximum Gasteiger partial charge on any atom is 0.277 e. The van der Waals surface area contributed by atoms with E-state index in [9.17, 15) is 19.7 Å². The molecule has 0 aliphatic carbocycles. The fourth-order valence-corrected chi connectivity index (χ4v) is 3.92. The van der Waals surface area contributed by atoms with Gasteiger partial charge in [-0.15, -0.1) is 12.6 Å². The Hall–Kier alpha value is -3.67. The molecule has 0 spiro atoms. The minimum Gasteiger partial charge on any atom is -0.493 e. The number of carbonyl (C=O) groups excluding carboxylic acids is 2. The van der Waals surface area contributed by atoms with Gasteiger partial charge in [0.1, 0.15) is 11.4 Å². The van der Waals surface area contributed by atoms with E-state index in [0.717, 1.165) is 0 Å². The number of hydrogen-bond donors (Lipinski definition) is 4. The van der Waals surface area contributed by atoms with E-state index in [-0.39, 0.29) is 46.2 Å². The first kappa shape index (κ1) is 23.0. The van der Waals surface area contributed by atoms with E-state index >= 15 is 0 Å². The fraction of sp³-hybridized carbons (Fsp3) is 0.300. The SMILES string of the molecule is COc1cc(N)c(-c2c(CC3C(=O)NC(S)NC3=O)cccc2[N+](=O)[O-])c(OC)c1OC. The first-order valence-electron chi connectivity index (χ1n) is 9.37. The summed E-state index contributed by atoms with van der Waals surface area (Å²) >= 11 is 4.04. The van der Waals surface area contributed by atoms with Crippen molar-refractivity contribution in [3.63, 3.8) is 0 Å². The highest BCUT2D eigenvalue weighted by atomic mass is 32.1. The van der Waals surface area contributed by atoms with Crippen LogP contribution in [0, 0.1) is 16.0 Å². The third-order valence-corrected chi connectivity index (χ3v) is 5.31. The van der Waals surface area contributed by atoms with Gasteiger partial charge in [-0.25, -0.2) is 0 Å². The Morgan fingerprint density at radius 2 is 1.69 bits per heavy atom. The number of nitrogens with two attached hydrogens (primary N) is 1. The van der Waals surface area contributed by atoms with Crippen molar-refractivity contribution in [2.24, 2.45) is 5.92 Å². The highest BCUT2D eigenvalue weighted by Gasteiger charge is 2.36. The Morgan fingerprint density at radius 3 is 2.22 bits per heavy atom. The molecule has 0 saturated carbocycles. The monoisotopic (exact) mass is 462 g/mol. The number of nitrogens with one attached hydrogen (secondary N) is 2. The summed E-state index contributed by atoms with van der Waals surface area (Å²) in [5, 5.41) is 16.9. The Bertz CT molecular complexity index is 1070. The van der Waals surface area contributed by atoms with Crippen molar-refractivity contribution in [3.05, 3.63) is 39.9 Å². The van der Waals surface area contributed by atoms with Gasteiger partial charge in [0.15, 0.2) is 11.5 Å². The summed E-state index contributed by atoms with van der Waals surface area (Å²) in [6, 6.07) is 5.83. The summed E-state index contributed by atoms with van der Waals surface area (Å²) in [6.07, 6.45) is -0.119. The zero-order valence-corrected chi connectivity index (χ0v) is 18.4. The number of rotatable bonds is 7. The number of ether oxygens (including phenoxy) is 3. The molecule has 11 nitrogen and oxygen atoms in total. The van der Waals surface area contributed by atoms with Gasteiger partial charge in [-0.1, -0.05) is 12.1 Å². The summed E-state index contributed by atoms with van der Waals surface area (Å²) in [4.78, 5) is 36.2. The molecule has 1 aliphatic heterocycles. The van der Waals surface area contributed by atoms with Gasteiger partial charge in [0, 0.05) is 17.8 Å². The number of anilines is 1. The highest BCUT2D eigenvalue weighted by molar-refractivity contribution is 7.80. The number of nitrogens with zero attached hydrogens (tertiary/aromatic N) is 1. The van der Waals surface area contributed by atoms with Gasteiger partial charge in [-0.05, 0) is 12.0 Å². The smallest absolute Gasteiger partial charge is 0.277 e. The average Bonchev–Trinajstić information content (AvgIpc) is 2.75. The van der Waals surface area contributed by atoms with Crippen molar-refractivity contribution in [2.75, 3.05) is 27.1 Å². The predicted molar refractivity (Wildman–Crippen MR) is 119 cm³/mol. The van der Waals surface area contributed by atoms with Crippen LogP contribution in [0.3, 0.4) is 0 Å². The average molecular weight is 462 g/mol. The summed E-state index contributed by atoms with van der Waals surface area (Å²) in [5.74, 6) is -1.62. The molecule has 32 heavy (non-hydrogen) atoms. The summed E-state index contributed by atoms with van der Waals surface area (Å²) in [6.45, 7) is 0. The van der Waals surface area contributed by atoms with Crippen LogP contribution in [0.15, 0.2) is 24.3 Å². The molecule has 0 bridgehead atoms. The van der Waals surface area contributed by atoms with Gasteiger partial charge in [-0.2, -0.15) is 0 Å². The van der Waals surface area contributed by atoms with Crippen molar-refractivity contribution in [3.8, 4) is 28.4 Å². The minimum atomic E-state index is -1.12. The van der Waals surface area contributed by atoms with Crippen LogP contribution < -0.4 is 30.6 Å². The summed E-state index contributed by atoms with van der Waals surface area (Å²) < 4.78 is 16.2. The van der Waals surface area contributed by atoms with Gasteiger partial charge in [-0.3, -0.25) is 19.7 Å². The number of carbonyl (C=O) groups is 2. The third kappa shape index (κ3) is 4.08. The summed E-state index contributed by atoms with van der Waals surface area (Å²) in [5.41, 5.74) is 5.97. The second kappa shape index (κ2) is 9.22. The van der Waals surface area contributed by atoms with E-state index in [4.69, 9.17) is 19.9 Å². The second-order valence-electron chi connectivity index (χ2n) is 6.85. The van der Waals surface area contributed by atoms with Crippen molar-refractivity contribution < 1.29 is 28.7 Å². The molecule has 1 aliphatic rings. The van der Waals surface area contributed by atoms with Gasteiger partial charge in [0.05, 0.1) is 37.4 Å². The van der Waals surface area contributed by atoms with Crippen LogP contribution in [0.25, 0.3) is 11.1 Å².